The molecule has 2 aromatic heterocycles. The summed E-state index contributed by atoms with van der Waals surface area (Å²) in [6, 6.07) is 15.8. The summed E-state index contributed by atoms with van der Waals surface area (Å²) < 4.78 is 19.0. The fraction of sp³-hybridized carbons (Fsp3) is 0.130. The van der Waals surface area contributed by atoms with E-state index in [1.807, 2.05) is 24.4 Å². The maximum atomic E-state index is 13.1. The molecule has 3 heterocycles. The molecular weight excluding hydrogens is 369 g/mol. The van der Waals surface area contributed by atoms with Gasteiger partial charge in [0, 0.05) is 29.9 Å². The van der Waals surface area contributed by atoms with Crippen molar-refractivity contribution in [3.8, 4) is 16.9 Å². The van der Waals surface area contributed by atoms with Crippen molar-refractivity contribution in [2.75, 3.05) is 13.2 Å². The highest BCUT2D eigenvalue weighted by atomic mass is 19.1. The number of nitrogens with zero attached hydrogens (tertiary/aromatic N) is 2. The average Bonchev–Trinajstić information content (AvgIpc) is 3.16. The molecule has 144 valence electrons. The van der Waals surface area contributed by atoms with Gasteiger partial charge < -0.3 is 14.6 Å². The maximum Gasteiger partial charge on any atom is 0.258 e. The van der Waals surface area contributed by atoms with Crippen molar-refractivity contribution in [3.63, 3.8) is 0 Å². The van der Waals surface area contributed by atoms with Gasteiger partial charge in [-0.3, -0.25) is 4.79 Å². The zero-order chi connectivity index (χ0) is 19.8. The van der Waals surface area contributed by atoms with Crippen molar-refractivity contribution >= 4 is 16.9 Å². The van der Waals surface area contributed by atoms with Crippen LogP contribution < -0.4 is 4.74 Å². The summed E-state index contributed by atoms with van der Waals surface area (Å²) in [6.07, 6.45) is 3.66. The first kappa shape index (κ1) is 17.4. The smallest absolute Gasteiger partial charge is 0.258 e. The third-order valence-electron chi connectivity index (χ3n) is 5.14. The highest BCUT2D eigenvalue weighted by molar-refractivity contribution is 5.98. The molecule has 0 spiro atoms. The van der Waals surface area contributed by atoms with Gasteiger partial charge in [-0.05, 0) is 47.5 Å². The SMILES string of the molecule is O=C1c2ccc(-c3cnc4[nH]ccc4c3)cc2OCCN1Cc1ccc(F)cc1. The van der Waals surface area contributed by atoms with E-state index >= 15 is 0 Å². The number of benzene rings is 2. The van der Waals surface area contributed by atoms with Crippen molar-refractivity contribution in [2.24, 2.45) is 0 Å². The first-order valence-electron chi connectivity index (χ1n) is 9.41. The number of aromatic nitrogens is 2. The average molecular weight is 387 g/mol. The number of H-pyrrole nitrogens is 1. The summed E-state index contributed by atoms with van der Waals surface area (Å²) >= 11 is 0. The van der Waals surface area contributed by atoms with Gasteiger partial charge >= 0.3 is 0 Å². The zero-order valence-electron chi connectivity index (χ0n) is 15.6. The molecule has 0 unspecified atom stereocenters. The highest BCUT2D eigenvalue weighted by Gasteiger charge is 2.24. The number of hydrogen-bond donors (Lipinski definition) is 1. The number of carbonyl (C=O) groups excluding carboxylic acids is 1. The van der Waals surface area contributed by atoms with Crippen molar-refractivity contribution in [1.29, 1.82) is 0 Å². The summed E-state index contributed by atoms with van der Waals surface area (Å²) in [4.78, 5) is 22.3. The van der Waals surface area contributed by atoms with Crippen LogP contribution in [0.4, 0.5) is 4.39 Å². The number of nitrogens with one attached hydrogen (secondary N) is 1. The van der Waals surface area contributed by atoms with E-state index in [1.165, 1.54) is 12.1 Å². The predicted molar refractivity (Wildman–Crippen MR) is 108 cm³/mol. The molecule has 6 heteroatoms. The Hall–Kier alpha value is -3.67. The van der Waals surface area contributed by atoms with E-state index in [-0.39, 0.29) is 11.7 Å². The van der Waals surface area contributed by atoms with E-state index in [0.29, 0.717) is 31.0 Å². The van der Waals surface area contributed by atoms with Gasteiger partial charge in [-0.15, -0.1) is 0 Å². The van der Waals surface area contributed by atoms with E-state index < -0.39 is 0 Å². The van der Waals surface area contributed by atoms with Crippen LogP contribution in [0.25, 0.3) is 22.2 Å². The minimum absolute atomic E-state index is 0.0902. The van der Waals surface area contributed by atoms with E-state index in [1.54, 1.807) is 29.3 Å². The van der Waals surface area contributed by atoms with E-state index in [9.17, 15) is 9.18 Å². The molecule has 1 aliphatic rings. The predicted octanol–water partition coefficient (Wildman–Crippen LogP) is 4.40. The van der Waals surface area contributed by atoms with Gasteiger partial charge in [-0.25, -0.2) is 9.37 Å². The molecule has 5 rings (SSSR count). The third-order valence-corrected chi connectivity index (χ3v) is 5.14. The van der Waals surface area contributed by atoms with E-state index in [4.69, 9.17) is 4.74 Å². The number of fused-ring (bicyclic) bond motifs is 2. The number of amides is 1. The molecule has 0 radical (unpaired) electrons. The molecule has 1 N–H and O–H groups in total. The zero-order valence-corrected chi connectivity index (χ0v) is 15.6. The first-order chi connectivity index (χ1) is 14.2. The minimum Gasteiger partial charge on any atom is -0.491 e. The third kappa shape index (κ3) is 3.33. The standard InChI is InChI=1S/C23H18FN3O2/c24-19-4-1-15(2-5-19)14-27-9-10-29-21-12-16(3-6-20(21)23(27)28)18-11-17-7-8-25-22(17)26-13-18/h1-8,11-13H,9-10,14H2,(H,25,26). The second-order valence-corrected chi connectivity index (χ2v) is 7.05. The van der Waals surface area contributed by atoms with Crippen LogP contribution in [-0.2, 0) is 6.54 Å². The molecule has 0 saturated carbocycles. The van der Waals surface area contributed by atoms with Gasteiger partial charge in [0.1, 0.15) is 23.8 Å². The molecule has 4 aromatic rings. The van der Waals surface area contributed by atoms with Crippen LogP contribution >= 0.6 is 0 Å². The van der Waals surface area contributed by atoms with Gasteiger partial charge in [0.15, 0.2) is 0 Å². The lowest BCUT2D eigenvalue weighted by Gasteiger charge is -2.20. The normalized spacial score (nSPS) is 13.8. The Balaban J connectivity index is 1.44. The Labute approximate surface area is 166 Å². The van der Waals surface area contributed by atoms with Gasteiger partial charge in [0.05, 0.1) is 12.1 Å². The number of hydrogen-bond acceptors (Lipinski definition) is 3. The topological polar surface area (TPSA) is 58.2 Å². The summed E-state index contributed by atoms with van der Waals surface area (Å²) in [6.45, 7) is 1.29. The molecule has 0 saturated heterocycles. The number of pyridine rings is 1. The monoisotopic (exact) mass is 387 g/mol. The molecule has 0 atom stereocenters. The van der Waals surface area contributed by atoms with Crippen molar-refractivity contribution < 1.29 is 13.9 Å². The lowest BCUT2D eigenvalue weighted by molar-refractivity contribution is 0.0743. The molecule has 0 bridgehead atoms. The van der Waals surface area contributed by atoms with E-state index in [2.05, 4.69) is 16.0 Å². The van der Waals surface area contributed by atoms with E-state index in [0.717, 1.165) is 27.7 Å². The van der Waals surface area contributed by atoms with Crippen molar-refractivity contribution in [2.45, 2.75) is 6.54 Å². The molecule has 1 aliphatic heterocycles. The molecule has 0 aliphatic carbocycles. The Morgan fingerprint density at radius 2 is 1.93 bits per heavy atom. The van der Waals surface area contributed by atoms with Crippen molar-refractivity contribution in [3.05, 3.63) is 83.9 Å². The van der Waals surface area contributed by atoms with Crippen LogP contribution in [0.1, 0.15) is 15.9 Å². The molecule has 2 aromatic carbocycles. The van der Waals surface area contributed by atoms with Crippen LogP contribution in [0.3, 0.4) is 0 Å². The fourth-order valence-electron chi connectivity index (χ4n) is 3.59. The lowest BCUT2D eigenvalue weighted by Crippen LogP contribution is -2.31. The Morgan fingerprint density at radius 3 is 2.79 bits per heavy atom. The summed E-state index contributed by atoms with van der Waals surface area (Å²) in [5.41, 5.74) is 4.16. The summed E-state index contributed by atoms with van der Waals surface area (Å²) in [5.74, 6) is 0.195. The van der Waals surface area contributed by atoms with Gasteiger partial charge in [0.2, 0.25) is 0 Å². The van der Waals surface area contributed by atoms with Gasteiger partial charge in [-0.2, -0.15) is 0 Å². The van der Waals surface area contributed by atoms with Crippen LogP contribution in [0.5, 0.6) is 5.75 Å². The minimum atomic E-state index is -0.288. The Morgan fingerprint density at radius 1 is 1.07 bits per heavy atom. The van der Waals surface area contributed by atoms with Crippen LogP contribution in [0, 0.1) is 5.82 Å². The molecular formula is C23H18FN3O2. The summed E-state index contributed by atoms with van der Waals surface area (Å²) in [5, 5.41) is 1.03. The molecule has 0 fully saturated rings. The quantitative estimate of drug-likeness (QED) is 0.567. The fourth-order valence-corrected chi connectivity index (χ4v) is 3.59. The second kappa shape index (κ2) is 7.05. The van der Waals surface area contributed by atoms with Crippen LogP contribution in [-0.4, -0.2) is 33.9 Å². The number of aromatic amines is 1. The number of ether oxygens (including phenoxy) is 1. The second-order valence-electron chi connectivity index (χ2n) is 7.05. The molecule has 5 nitrogen and oxygen atoms in total. The van der Waals surface area contributed by atoms with Crippen LogP contribution in [0.15, 0.2) is 67.0 Å². The Kier molecular flexibility index (Phi) is 4.24. The highest BCUT2D eigenvalue weighted by Crippen LogP contribution is 2.31. The van der Waals surface area contributed by atoms with Crippen molar-refractivity contribution in [1.82, 2.24) is 14.9 Å². The summed E-state index contributed by atoms with van der Waals surface area (Å²) in [7, 11) is 0. The maximum absolute atomic E-state index is 13.1. The molecule has 1 amide bonds. The largest absolute Gasteiger partial charge is 0.491 e. The number of rotatable bonds is 3. The van der Waals surface area contributed by atoms with Gasteiger partial charge in [-0.1, -0.05) is 18.2 Å². The van der Waals surface area contributed by atoms with Crippen LogP contribution in [0.2, 0.25) is 0 Å². The lowest BCUT2D eigenvalue weighted by atomic mass is 10.0. The molecule has 29 heavy (non-hydrogen) atoms. The van der Waals surface area contributed by atoms with Gasteiger partial charge in [0.25, 0.3) is 5.91 Å². The number of halogens is 1. The number of carbonyl (C=O) groups is 1. The first-order valence-corrected chi connectivity index (χ1v) is 9.41. The Bertz CT molecular complexity index is 1200.